The summed E-state index contributed by atoms with van der Waals surface area (Å²) in [5, 5.41) is 12.0. The standard InChI is InChI=1S/C22H29FO3Si/c1-21(2,3)27(18-11-7-5-8-12-18,19-13-9-6-10-14-19)25-16-17-15-22(4,23)20(24)26-17/h5-14,17,20,24H,15-16H2,1-4H3/t17-,20+,22+/m0/s1. The first kappa shape index (κ1) is 20.2. The molecular formula is C22H29FO3Si. The highest BCUT2D eigenvalue weighted by molar-refractivity contribution is 6.99. The molecule has 1 aliphatic rings. The van der Waals surface area contributed by atoms with Gasteiger partial charge in [0.2, 0.25) is 0 Å². The van der Waals surface area contributed by atoms with Crippen molar-refractivity contribution >= 4 is 18.7 Å². The van der Waals surface area contributed by atoms with Crippen molar-refractivity contribution in [2.24, 2.45) is 0 Å². The first-order valence-electron chi connectivity index (χ1n) is 9.44. The lowest BCUT2D eigenvalue weighted by atomic mass is 10.0. The van der Waals surface area contributed by atoms with Crippen LogP contribution in [0.15, 0.2) is 60.7 Å². The van der Waals surface area contributed by atoms with Gasteiger partial charge in [-0.05, 0) is 22.3 Å². The fourth-order valence-corrected chi connectivity index (χ4v) is 8.59. The first-order valence-corrected chi connectivity index (χ1v) is 11.3. The Bertz CT molecular complexity index is 704. The molecule has 0 unspecified atom stereocenters. The monoisotopic (exact) mass is 388 g/mol. The molecule has 0 aliphatic carbocycles. The maximum atomic E-state index is 14.3. The van der Waals surface area contributed by atoms with Gasteiger partial charge in [-0.15, -0.1) is 0 Å². The van der Waals surface area contributed by atoms with Crippen molar-refractivity contribution in [1.82, 2.24) is 0 Å². The second-order valence-corrected chi connectivity index (χ2v) is 12.9. The van der Waals surface area contributed by atoms with Crippen LogP contribution in [0.2, 0.25) is 5.04 Å². The molecule has 1 N–H and O–H groups in total. The molecule has 0 bridgehead atoms. The van der Waals surface area contributed by atoms with Crippen LogP contribution in [0.25, 0.3) is 0 Å². The molecule has 3 atom stereocenters. The topological polar surface area (TPSA) is 38.7 Å². The van der Waals surface area contributed by atoms with Crippen molar-refractivity contribution in [3.8, 4) is 0 Å². The molecule has 1 aliphatic heterocycles. The van der Waals surface area contributed by atoms with Gasteiger partial charge in [0.1, 0.15) is 0 Å². The Labute approximate surface area is 162 Å². The molecule has 0 saturated carbocycles. The van der Waals surface area contributed by atoms with Gasteiger partial charge < -0.3 is 14.3 Å². The summed E-state index contributed by atoms with van der Waals surface area (Å²) in [4.78, 5) is 0. The van der Waals surface area contributed by atoms with Gasteiger partial charge in [0.15, 0.2) is 12.0 Å². The van der Waals surface area contributed by atoms with Crippen LogP contribution in [-0.4, -0.2) is 38.1 Å². The van der Waals surface area contributed by atoms with Gasteiger partial charge in [-0.25, -0.2) is 4.39 Å². The Morgan fingerprint density at radius 1 is 1.07 bits per heavy atom. The summed E-state index contributed by atoms with van der Waals surface area (Å²) < 4.78 is 26.5. The van der Waals surface area contributed by atoms with Gasteiger partial charge in [0.25, 0.3) is 8.32 Å². The molecule has 1 saturated heterocycles. The smallest absolute Gasteiger partial charge is 0.261 e. The number of rotatable bonds is 5. The minimum atomic E-state index is -2.67. The van der Waals surface area contributed by atoms with E-state index in [1.807, 2.05) is 36.4 Å². The molecule has 3 rings (SSSR count). The van der Waals surface area contributed by atoms with Crippen molar-refractivity contribution in [2.75, 3.05) is 6.61 Å². The molecule has 0 radical (unpaired) electrons. The lowest BCUT2D eigenvalue weighted by Gasteiger charge is -2.43. The molecule has 0 aromatic heterocycles. The Balaban J connectivity index is 2.00. The van der Waals surface area contributed by atoms with E-state index in [-0.39, 0.29) is 18.1 Å². The number of aliphatic hydroxyl groups excluding tert-OH is 1. The third kappa shape index (κ3) is 3.87. The number of benzene rings is 2. The Kier molecular flexibility index (Phi) is 5.59. The number of aliphatic hydroxyl groups is 1. The van der Waals surface area contributed by atoms with Crippen molar-refractivity contribution in [3.05, 3.63) is 60.7 Å². The van der Waals surface area contributed by atoms with E-state index < -0.39 is 26.4 Å². The molecule has 5 heteroatoms. The van der Waals surface area contributed by atoms with Crippen molar-refractivity contribution in [2.45, 2.75) is 57.2 Å². The Morgan fingerprint density at radius 2 is 1.56 bits per heavy atom. The zero-order valence-electron chi connectivity index (χ0n) is 16.5. The van der Waals surface area contributed by atoms with Gasteiger partial charge in [0, 0.05) is 6.42 Å². The highest BCUT2D eigenvalue weighted by atomic mass is 28.4. The van der Waals surface area contributed by atoms with Crippen LogP contribution in [0.4, 0.5) is 4.39 Å². The van der Waals surface area contributed by atoms with E-state index in [1.54, 1.807) is 0 Å². The van der Waals surface area contributed by atoms with E-state index in [0.29, 0.717) is 0 Å². The minimum Gasteiger partial charge on any atom is -0.405 e. The van der Waals surface area contributed by atoms with Crippen molar-refractivity contribution in [3.63, 3.8) is 0 Å². The summed E-state index contributed by atoms with van der Waals surface area (Å²) in [6.45, 7) is 8.22. The maximum absolute atomic E-state index is 14.3. The quantitative estimate of drug-likeness (QED) is 0.798. The van der Waals surface area contributed by atoms with Crippen LogP contribution in [0.5, 0.6) is 0 Å². The summed E-state index contributed by atoms with van der Waals surface area (Å²) in [5.41, 5.74) is -1.74. The summed E-state index contributed by atoms with van der Waals surface area (Å²) in [7, 11) is -2.67. The van der Waals surface area contributed by atoms with Crippen LogP contribution in [0, 0.1) is 0 Å². The van der Waals surface area contributed by atoms with Crippen LogP contribution in [0.3, 0.4) is 0 Å². The van der Waals surface area contributed by atoms with Crippen LogP contribution >= 0.6 is 0 Å². The molecule has 2 aromatic rings. The summed E-state index contributed by atoms with van der Waals surface area (Å²) in [5.74, 6) is 0. The second kappa shape index (κ2) is 7.47. The minimum absolute atomic E-state index is 0.131. The van der Waals surface area contributed by atoms with E-state index in [1.165, 1.54) is 17.3 Å². The normalized spacial score (nSPS) is 26.3. The zero-order chi connectivity index (χ0) is 19.7. The van der Waals surface area contributed by atoms with Crippen molar-refractivity contribution < 1.29 is 18.7 Å². The Morgan fingerprint density at radius 3 is 1.93 bits per heavy atom. The first-order chi connectivity index (χ1) is 12.7. The van der Waals surface area contributed by atoms with Crippen LogP contribution in [0.1, 0.15) is 34.1 Å². The third-order valence-electron chi connectivity index (χ3n) is 5.37. The molecule has 0 amide bonds. The fourth-order valence-electron chi connectivity index (χ4n) is 4.00. The second-order valence-electron chi connectivity index (χ2n) is 8.57. The molecule has 3 nitrogen and oxygen atoms in total. The summed E-state index contributed by atoms with van der Waals surface area (Å²) >= 11 is 0. The van der Waals surface area contributed by atoms with Crippen LogP contribution < -0.4 is 10.4 Å². The van der Waals surface area contributed by atoms with E-state index in [9.17, 15) is 9.50 Å². The molecule has 1 heterocycles. The average molecular weight is 389 g/mol. The number of hydrogen-bond donors (Lipinski definition) is 1. The lowest BCUT2D eigenvalue weighted by molar-refractivity contribution is -0.142. The predicted molar refractivity (Wildman–Crippen MR) is 109 cm³/mol. The van der Waals surface area contributed by atoms with Gasteiger partial charge in [-0.1, -0.05) is 81.4 Å². The number of alkyl halides is 1. The van der Waals surface area contributed by atoms with E-state index in [4.69, 9.17) is 9.16 Å². The highest BCUT2D eigenvalue weighted by Crippen LogP contribution is 2.38. The molecular weight excluding hydrogens is 359 g/mol. The zero-order valence-corrected chi connectivity index (χ0v) is 17.5. The largest absolute Gasteiger partial charge is 0.405 e. The highest BCUT2D eigenvalue weighted by Gasteiger charge is 2.52. The predicted octanol–water partition coefficient (Wildman–Crippen LogP) is 3.40. The van der Waals surface area contributed by atoms with Gasteiger partial charge in [-0.3, -0.25) is 0 Å². The maximum Gasteiger partial charge on any atom is 0.261 e. The summed E-state index contributed by atoms with van der Waals surface area (Å²) in [6, 6.07) is 20.6. The molecule has 1 fully saturated rings. The van der Waals surface area contributed by atoms with E-state index in [2.05, 4.69) is 45.0 Å². The lowest BCUT2D eigenvalue weighted by Crippen LogP contribution is -2.67. The van der Waals surface area contributed by atoms with Crippen molar-refractivity contribution in [1.29, 1.82) is 0 Å². The van der Waals surface area contributed by atoms with Gasteiger partial charge in [-0.2, -0.15) is 0 Å². The number of halogens is 1. The SMILES string of the molecule is CC(C)(C)[Si](OC[C@@H]1C[C@@](C)(F)[C@H](O)O1)(c1ccccc1)c1ccccc1. The molecule has 146 valence electrons. The van der Waals surface area contributed by atoms with Gasteiger partial charge >= 0.3 is 0 Å². The Hall–Kier alpha value is -1.53. The summed E-state index contributed by atoms with van der Waals surface area (Å²) in [6.07, 6.45) is -1.73. The molecule has 0 spiro atoms. The molecule has 2 aromatic carbocycles. The van der Waals surface area contributed by atoms with Crippen LogP contribution in [-0.2, 0) is 9.16 Å². The fraction of sp³-hybridized carbons (Fsp3) is 0.455. The van der Waals surface area contributed by atoms with E-state index >= 15 is 0 Å². The average Bonchev–Trinajstić information content (AvgIpc) is 2.88. The van der Waals surface area contributed by atoms with Gasteiger partial charge in [0.05, 0.1) is 12.7 Å². The third-order valence-corrected chi connectivity index (χ3v) is 10.4. The molecule has 27 heavy (non-hydrogen) atoms. The number of hydrogen-bond acceptors (Lipinski definition) is 3. The van der Waals surface area contributed by atoms with E-state index in [0.717, 1.165) is 0 Å². The number of ether oxygens (including phenoxy) is 1.